The summed E-state index contributed by atoms with van der Waals surface area (Å²) in [6.07, 6.45) is 2.03. The van der Waals surface area contributed by atoms with Gasteiger partial charge in [0.25, 0.3) is 0 Å². The fraction of sp³-hybridized carbons (Fsp3) is 0.400. The minimum absolute atomic E-state index is 0.181. The normalized spacial score (nSPS) is 11.4. The first-order valence-corrected chi connectivity index (χ1v) is 4.29. The van der Waals surface area contributed by atoms with E-state index in [1.807, 2.05) is 0 Å². The van der Waals surface area contributed by atoms with Gasteiger partial charge in [0.05, 0.1) is 18.8 Å². The van der Waals surface area contributed by atoms with Crippen molar-refractivity contribution in [3.63, 3.8) is 0 Å². The van der Waals surface area contributed by atoms with Crippen LogP contribution in [0.4, 0.5) is 0 Å². The Morgan fingerprint density at radius 3 is 3.00 bits per heavy atom. The number of rotatable bonds is 3. The molecule has 0 aliphatic heterocycles. The van der Waals surface area contributed by atoms with Gasteiger partial charge in [-0.25, -0.2) is 9.97 Å². The summed E-state index contributed by atoms with van der Waals surface area (Å²) in [6, 6.07) is 1.54. The molecule has 0 saturated heterocycles. The summed E-state index contributed by atoms with van der Waals surface area (Å²) in [5, 5.41) is 0. The minimum Gasteiger partial charge on any atom is -0.481 e. The molecule has 0 fully saturated rings. The Balaban J connectivity index is 2.76. The third-order valence-corrected chi connectivity index (χ3v) is 1.75. The largest absolute Gasteiger partial charge is 0.481 e. The van der Waals surface area contributed by atoms with Gasteiger partial charge in [-0.3, -0.25) is 0 Å². The van der Waals surface area contributed by atoms with E-state index in [1.54, 1.807) is 20.1 Å². The van der Waals surface area contributed by atoms with E-state index < -0.39 is 0 Å². The third kappa shape index (κ3) is 2.71. The average Bonchev–Trinajstić information content (AvgIpc) is 2.26. The van der Waals surface area contributed by atoms with Gasteiger partial charge in [0, 0.05) is 12.5 Å². The zero-order valence-electron chi connectivity index (χ0n) is 8.32. The molecule has 0 saturated carbocycles. The Morgan fingerprint density at radius 2 is 2.36 bits per heavy atom. The Bertz CT molecular complexity index is 354. The molecule has 4 heteroatoms. The van der Waals surface area contributed by atoms with Crippen LogP contribution in [-0.2, 0) is 0 Å². The summed E-state index contributed by atoms with van der Waals surface area (Å²) in [5.74, 6) is 6.22. The standard InChI is InChI=1S/C10H13N3O/c1-3-4-5-8(11)9-6-10(14-2)13-7-12-9/h6-8H,5,11H2,1-2H3. The molecule has 4 nitrogen and oxygen atoms in total. The monoisotopic (exact) mass is 191 g/mol. The van der Waals surface area contributed by atoms with Crippen LogP contribution < -0.4 is 10.5 Å². The quantitative estimate of drug-likeness (QED) is 0.721. The topological polar surface area (TPSA) is 61.0 Å². The zero-order chi connectivity index (χ0) is 10.4. The molecule has 1 rings (SSSR count). The van der Waals surface area contributed by atoms with E-state index in [2.05, 4.69) is 21.8 Å². The molecular formula is C10H13N3O. The number of aromatic nitrogens is 2. The second kappa shape index (κ2) is 5.20. The lowest BCUT2D eigenvalue weighted by atomic mass is 10.1. The van der Waals surface area contributed by atoms with Gasteiger partial charge in [-0.15, -0.1) is 11.8 Å². The highest BCUT2D eigenvalue weighted by Gasteiger charge is 2.07. The van der Waals surface area contributed by atoms with Crippen LogP contribution in [0.5, 0.6) is 5.88 Å². The predicted octanol–water partition coefficient (Wildman–Crippen LogP) is 0.898. The van der Waals surface area contributed by atoms with E-state index in [0.29, 0.717) is 12.3 Å². The van der Waals surface area contributed by atoms with Crippen molar-refractivity contribution in [1.82, 2.24) is 9.97 Å². The number of nitrogens with zero attached hydrogens (tertiary/aromatic N) is 2. The van der Waals surface area contributed by atoms with Gasteiger partial charge in [-0.1, -0.05) is 0 Å². The summed E-state index contributed by atoms with van der Waals surface area (Å²) in [7, 11) is 1.56. The maximum absolute atomic E-state index is 5.86. The van der Waals surface area contributed by atoms with Crippen molar-refractivity contribution in [1.29, 1.82) is 0 Å². The summed E-state index contributed by atoms with van der Waals surface area (Å²) in [6.45, 7) is 1.79. The van der Waals surface area contributed by atoms with Crippen LogP contribution in [0.15, 0.2) is 12.4 Å². The van der Waals surface area contributed by atoms with Crippen LogP contribution in [0, 0.1) is 11.8 Å². The summed E-state index contributed by atoms with van der Waals surface area (Å²) in [4.78, 5) is 7.95. The highest BCUT2D eigenvalue weighted by Crippen LogP contribution is 2.14. The molecular weight excluding hydrogens is 178 g/mol. The van der Waals surface area contributed by atoms with Gasteiger partial charge in [-0.05, 0) is 6.92 Å². The molecule has 74 valence electrons. The highest BCUT2D eigenvalue weighted by molar-refractivity contribution is 5.17. The van der Waals surface area contributed by atoms with Crippen LogP contribution >= 0.6 is 0 Å². The fourth-order valence-corrected chi connectivity index (χ4v) is 0.984. The molecule has 0 spiro atoms. The van der Waals surface area contributed by atoms with Crippen molar-refractivity contribution in [3.05, 3.63) is 18.1 Å². The number of methoxy groups -OCH3 is 1. The Kier molecular flexibility index (Phi) is 3.89. The first-order chi connectivity index (χ1) is 6.77. The average molecular weight is 191 g/mol. The maximum atomic E-state index is 5.86. The van der Waals surface area contributed by atoms with Crippen molar-refractivity contribution in [2.24, 2.45) is 5.73 Å². The summed E-state index contributed by atoms with van der Waals surface area (Å²) < 4.78 is 4.97. The van der Waals surface area contributed by atoms with Crippen LogP contribution in [0.1, 0.15) is 25.1 Å². The Morgan fingerprint density at radius 1 is 1.57 bits per heavy atom. The summed E-state index contributed by atoms with van der Waals surface area (Å²) in [5.41, 5.74) is 6.61. The van der Waals surface area contributed by atoms with Crippen LogP contribution in [0.2, 0.25) is 0 Å². The molecule has 1 aromatic rings. The lowest BCUT2D eigenvalue weighted by molar-refractivity contribution is 0.395. The zero-order valence-corrected chi connectivity index (χ0v) is 8.32. The van der Waals surface area contributed by atoms with E-state index in [0.717, 1.165) is 5.69 Å². The molecule has 1 heterocycles. The predicted molar refractivity (Wildman–Crippen MR) is 53.6 cm³/mol. The fourth-order valence-electron chi connectivity index (χ4n) is 0.984. The van der Waals surface area contributed by atoms with E-state index in [1.165, 1.54) is 6.33 Å². The number of hydrogen-bond acceptors (Lipinski definition) is 4. The molecule has 0 aromatic carbocycles. The van der Waals surface area contributed by atoms with E-state index >= 15 is 0 Å². The molecule has 1 atom stereocenters. The van der Waals surface area contributed by atoms with Crippen LogP contribution in [-0.4, -0.2) is 17.1 Å². The van der Waals surface area contributed by atoms with Gasteiger partial charge >= 0.3 is 0 Å². The maximum Gasteiger partial charge on any atom is 0.216 e. The molecule has 0 aliphatic carbocycles. The van der Waals surface area contributed by atoms with Crippen molar-refractivity contribution in [3.8, 4) is 17.7 Å². The smallest absolute Gasteiger partial charge is 0.216 e. The van der Waals surface area contributed by atoms with Gasteiger partial charge < -0.3 is 10.5 Å². The van der Waals surface area contributed by atoms with Crippen molar-refractivity contribution >= 4 is 0 Å². The molecule has 0 radical (unpaired) electrons. The van der Waals surface area contributed by atoms with Crippen LogP contribution in [0.25, 0.3) is 0 Å². The number of ether oxygens (including phenoxy) is 1. The first kappa shape index (κ1) is 10.5. The van der Waals surface area contributed by atoms with Crippen molar-refractivity contribution in [2.75, 3.05) is 7.11 Å². The van der Waals surface area contributed by atoms with Crippen molar-refractivity contribution < 1.29 is 4.74 Å². The second-order valence-electron chi connectivity index (χ2n) is 2.72. The third-order valence-electron chi connectivity index (χ3n) is 1.75. The Labute approximate surface area is 83.5 Å². The molecule has 1 aromatic heterocycles. The highest BCUT2D eigenvalue weighted by atomic mass is 16.5. The number of hydrogen-bond donors (Lipinski definition) is 1. The molecule has 0 aliphatic rings. The van der Waals surface area contributed by atoms with Gasteiger partial charge in [0.15, 0.2) is 0 Å². The molecule has 14 heavy (non-hydrogen) atoms. The Hall–Kier alpha value is -1.60. The molecule has 2 N–H and O–H groups in total. The molecule has 1 unspecified atom stereocenters. The molecule has 0 bridgehead atoms. The first-order valence-electron chi connectivity index (χ1n) is 4.29. The number of nitrogens with two attached hydrogens (primary N) is 1. The lowest BCUT2D eigenvalue weighted by Crippen LogP contribution is -2.11. The molecule has 0 amide bonds. The van der Waals surface area contributed by atoms with Gasteiger partial charge in [0.1, 0.15) is 6.33 Å². The van der Waals surface area contributed by atoms with Gasteiger partial charge in [0.2, 0.25) is 5.88 Å². The van der Waals surface area contributed by atoms with E-state index in [4.69, 9.17) is 10.5 Å². The SMILES string of the molecule is CC#CCC(N)c1cc(OC)ncn1. The lowest BCUT2D eigenvalue weighted by Gasteiger charge is -2.07. The van der Waals surface area contributed by atoms with Crippen LogP contribution in [0.3, 0.4) is 0 Å². The van der Waals surface area contributed by atoms with Gasteiger partial charge in [-0.2, -0.15) is 0 Å². The second-order valence-corrected chi connectivity index (χ2v) is 2.72. The summed E-state index contributed by atoms with van der Waals surface area (Å²) >= 11 is 0. The van der Waals surface area contributed by atoms with E-state index in [-0.39, 0.29) is 6.04 Å². The van der Waals surface area contributed by atoms with E-state index in [9.17, 15) is 0 Å². The van der Waals surface area contributed by atoms with Crippen molar-refractivity contribution in [2.45, 2.75) is 19.4 Å². The minimum atomic E-state index is -0.181.